The molecule has 0 saturated carbocycles. The first-order valence-corrected chi connectivity index (χ1v) is 8.90. The van der Waals surface area contributed by atoms with Crippen molar-refractivity contribution >= 4 is 48.8 Å². The summed E-state index contributed by atoms with van der Waals surface area (Å²) < 4.78 is 2.53. The molecule has 20 heavy (non-hydrogen) atoms. The van der Waals surface area contributed by atoms with Crippen LogP contribution >= 0.6 is 45.2 Å². The summed E-state index contributed by atoms with van der Waals surface area (Å²) >= 11 is 4.83. The fourth-order valence-corrected chi connectivity index (χ4v) is 3.21. The van der Waals surface area contributed by atoms with Gasteiger partial charge in [-0.3, -0.25) is 0 Å². The van der Waals surface area contributed by atoms with Gasteiger partial charge in [-0.25, -0.2) is 0 Å². The summed E-state index contributed by atoms with van der Waals surface area (Å²) in [7, 11) is 0. The van der Waals surface area contributed by atoms with E-state index in [1.807, 2.05) is 19.1 Å². The van der Waals surface area contributed by atoms with E-state index in [-0.39, 0.29) is 0 Å². The lowest BCUT2D eigenvalue weighted by atomic mass is 10.1. The average Bonchev–Trinajstić information content (AvgIpc) is 2.47. The lowest BCUT2D eigenvalue weighted by Gasteiger charge is -2.07. The summed E-state index contributed by atoms with van der Waals surface area (Å²) in [6.45, 7) is 8.04. The maximum Gasteiger partial charge on any atom is 0.0342 e. The Balaban J connectivity index is 3.12. The Morgan fingerprint density at radius 3 is 2.35 bits per heavy atom. The van der Waals surface area contributed by atoms with Crippen molar-refractivity contribution in [2.45, 2.75) is 26.7 Å². The van der Waals surface area contributed by atoms with Crippen molar-refractivity contribution in [1.82, 2.24) is 0 Å². The number of hydrogen-bond acceptors (Lipinski definition) is 0. The summed E-state index contributed by atoms with van der Waals surface area (Å²) in [5.41, 5.74) is 3.88. The Morgan fingerprint density at radius 1 is 1.20 bits per heavy atom. The Bertz CT molecular complexity index is 531. The van der Waals surface area contributed by atoms with Crippen LogP contribution in [0.5, 0.6) is 0 Å². The highest BCUT2D eigenvalue weighted by molar-refractivity contribution is 14.1. The van der Waals surface area contributed by atoms with Crippen LogP contribution in [0.2, 0.25) is 0 Å². The lowest BCUT2D eigenvalue weighted by molar-refractivity contribution is 0.922. The summed E-state index contributed by atoms with van der Waals surface area (Å²) in [6, 6.07) is 8.89. The molecule has 0 spiro atoms. The van der Waals surface area contributed by atoms with Crippen LogP contribution in [0, 0.1) is 0 Å². The first kappa shape index (κ1) is 17.7. The zero-order valence-corrected chi connectivity index (χ0v) is 16.3. The molecule has 106 valence electrons. The lowest BCUT2D eigenvalue weighted by Crippen LogP contribution is -1.86. The van der Waals surface area contributed by atoms with Gasteiger partial charge in [-0.1, -0.05) is 68.5 Å². The molecule has 0 unspecified atom stereocenters. The van der Waals surface area contributed by atoms with E-state index in [0.29, 0.717) is 0 Å². The SMILES string of the molecule is C=C/C=C(\C=C/C)C(/I)=C(\I)c1ccc(CCC)cc1. The van der Waals surface area contributed by atoms with Crippen molar-refractivity contribution in [3.8, 4) is 0 Å². The van der Waals surface area contributed by atoms with Crippen LogP contribution in [0.25, 0.3) is 3.58 Å². The number of benzene rings is 1. The van der Waals surface area contributed by atoms with Crippen LogP contribution in [0.1, 0.15) is 31.4 Å². The molecule has 1 aromatic carbocycles. The molecular weight excluding hydrogens is 470 g/mol. The number of allylic oxidation sites excluding steroid dienone is 6. The van der Waals surface area contributed by atoms with Gasteiger partial charge < -0.3 is 0 Å². The van der Waals surface area contributed by atoms with E-state index >= 15 is 0 Å². The van der Waals surface area contributed by atoms with Crippen molar-refractivity contribution in [2.75, 3.05) is 0 Å². The first-order valence-electron chi connectivity index (χ1n) is 6.74. The van der Waals surface area contributed by atoms with Crippen LogP contribution < -0.4 is 0 Å². The molecule has 0 aromatic heterocycles. The molecule has 0 bridgehead atoms. The number of hydrogen-bond donors (Lipinski definition) is 0. The fourth-order valence-electron chi connectivity index (χ4n) is 1.87. The standard InChI is InChI=1S/C18H20I2/c1-4-7-14-10-12-16(13-11-14)18(20)17(19)15(8-5-2)9-6-3/h5-6,8-13H,2,4,7H2,1,3H3/b9-6-,15-8+,18-17+. The van der Waals surface area contributed by atoms with Gasteiger partial charge in [-0.15, -0.1) is 0 Å². The minimum absolute atomic E-state index is 1.15. The molecule has 2 heteroatoms. The van der Waals surface area contributed by atoms with Gasteiger partial charge in [-0.05, 0) is 75.2 Å². The van der Waals surface area contributed by atoms with E-state index in [4.69, 9.17) is 0 Å². The molecule has 0 fully saturated rings. The van der Waals surface area contributed by atoms with Gasteiger partial charge in [0.1, 0.15) is 0 Å². The van der Waals surface area contributed by atoms with Crippen molar-refractivity contribution in [3.05, 3.63) is 75.4 Å². The van der Waals surface area contributed by atoms with Gasteiger partial charge in [-0.2, -0.15) is 0 Å². The van der Waals surface area contributed by atoms with Crippen LogP contribution in [0.3, 0.4) is 0 Å². The van der Waals surface area contributed by atoms with Crippen LogP contribution in [0.15, 0.2) is 64.3 Å². The largest absolute Gasteiger partial charge is 0.0990 e. The Kier molecular flexibility index (Phi) is 8.45. The van der Waals surface area contributed by atoms with Gasteiger partial charge in [0.05, 0.1) is 0 Å². The molecule has 0 radical (unpaired) electrons. The Hall–Kier alpha value is -0.360. The molecule has 1 aromatic rings. The molecule has 0 aliphatic carbocycles. The van der Waals surface area contributed by atoms with Crippen LogP contribution in [0.4, 0.5) is 0 Å². The normalized spacial score (nSPS) is 13.5. The van der Waals surface area contributed by atoms with E-state index in [1.165, 1.54) is 30.3 Å². The molecule has 0 aliphatic heterocycles. The molecule has 0 nitrogen and oxygen atoms in total. The third kappa shape index (κ3) is 5.20. The minimum atomic E-state index is 1.15. The Labute approximate surface area is 150 Å². The Morgan fingerprint density at radius 2 is 1.85 bits per heavy atom. The highest BCUT2D eigenvalue weighted by Gasteiger charge is 2.06. The van der Waals surface area contributed by atoms with E-state index in [1.54, 1.807) is 0 Å². The third-order valence-electron chi connectivity index (χ3n) is 2.84. The van der Waals surface area contributed by atoms with Crippen molar-refractivity contribution in [3.63, 3.8) is 0 Å². The smallest absolute Gasteiger partial charge is 0.0342 e. The van der Waals surface area contributed by atoms with E-state index in [9.17, 15) is 0 Å². The van der Waals surface area contributed by atoms with Crippen molar-refractivity contribution < 1.29 is 0 Å². The van der Waals surface area contributed by atoms with Gasteiger partial charge >= 0.3 is 0 Å². The summed E-state index contributed by atoms with van der Waals surface area (Å²) in [6.07, 6.45) is 10.4. The van der Waals surface area contributed by atoms with Gasteiger partial charge in [0.25, 0.3) is 0 Å². The molecule has 1 rings (SSSR count). The molecule has 0 aliphatic rings. The molecule has 0 heterocycles. The molecule has 0 saturated heterocycles. The highest BCUT2D eigenvalue weighted by atomic mass is 127. The second-order valence-electron chi connectivity index (χ2n) is 4.43. The van der Waals surface area contributed by atoms with E-state index in [0.717, 1.165) is 6.42 Å². The average molecular weight is 490 g/mol. The van der Waals surface area contributed by atoms with Crippen LogP contribution in [-0.4, -0.2) is 0 Å². The number of rotatable bonds is 6. The van der Waals surface area contributed by atoms with Gasteiger partial charge in [0.2, 0.25) is 0 Å². The third-order valence-corrected chi connectivity index (χ3v) is 6.19. The monoisotopic (exact) mass is 490 g/mol. The summed E-state index contributed by atoms with van der Waals surface area (Å²) in [5, 5.41) is 0. The maximum atomic E-state index is 3.79. The summed E-state index contributed by atoms with van der Waals surface area (Å²) in [5.74, 6) is 0. The van der Waals surface area contributed by atoms with E-state index < -0.39 is 0 Å². The second kappa shape index (κ2) is 9.55. The van der Waals surface area contributed by atoms with E-state index in [2.05, 4.69) is 95.1 Å². The van der Waals surface area contributed by atoms with Crippen molar-refractivity contribution in [2.24, 2.45) is 0 Å². The zero-order valence-electron chi connectivity index (χ0n) is 12.0. The predicted octanol–water partition coefficient (Wildman–Crippen LogP) is 6.87. The number of halogens is 2. The second-order valence-corrected chi connectivity index (χ2v) is 6.59. The first-order chi connectivity index (χ1) is 9.63. The number of aryl methyl sites for hydroxylation is 1. The topological polar surface area (TPSA) is 0 Å². The predicted molar refractivity (Wildman–Crippen MR) is 108 cm³/mol. The molecule has 0 atom stereocenters. The molecule has 0 N–H and O–H groups in total. The summed E-state index contributed by atoms with van der Waals surface area (Å²) in [4.78, 5) is 0. The van der Waals surface area contributed by atoms with Crippen LogP contribution in [-0.2, 0) is 6.42 Å². The molecule has 0 amide bonds. The maximum absolute atomic E-state index is 3.79. The zero-order chi connectivity index (χ0) is 15.0. The minimum Gasteiger partial charge on any atom is -0.0990 e. The quantitative estimate of drug-likeness (QED) is 0.302. The van der Waals surface area contributed by atoms with Gasteiger partial charge in [0, 0.05) is 7.16 Å². The fraction of sp³-hybridized carbons (Fsp3) is 0.222. The highest BCUT2D eigenvalue weighted by Crippen LogP contribution is 2.34. The van der Waals surface area contributed by atoms with Crippen molar-refractivity contribution in [1.29, 1.82) is 0 Å². The van der Waals surface area contributed by atoms with Gasteiger partial charge in [0.15, 0.2) is 0 Å². The molecular formula is C18H20I2.